The lowest BCUT2D eigenvalue weighted by molar-refractivity contribution is 0.356. The SMILES string of the molecule is CC(C)CNCC(CCc1nccn1C)CC(C)C. The number of aromatic nitrogens is 2. The van der Waals surface area contributed by atoms with E-state index in [0.717, 1.165) is 37.3 Å². The third kappa shape index (κ3) is 6.76. The normalized spacial score (nSPS) is 13.4. The Labute approximate surface area is 118 Å². The van der Waals surface area contributed by atoms with Crippen molar-refractivity contribution in [2.45, 2.75) is 47.0 Å². The van der Waals surface area contributed by atoms with E-state index in [1.807, 2.05) is 12.4 Å². The maximum atomic E-state index is 4.42. The predicted molar refractivity (Wildman–Crippen MR) is 82.2 cm³/mol. The molecule has 19 heavy (non-hydrogen) atoms. The van der Waals surface area contributed by atoms with Crippen molar-refractivity contribution in [3.8, 4) is 0 Å². The first-order valence-corrected chi connectivity index (χ1v) is 7.66. The zero-order valence-corrected chi connectivity index (χ0v) is 13.3. The van der Waals surface area contributed by atoms with Gasteiger partial charge in [0.1, 0.15) is 5.82 Å². The Morgan fingerprint density at radius 3 is 2.42 bits per heavy atom. The summed E-state index contributed by atoms with van der Waals surface area (Å²) in [5.41, 5.74) is 0. The summed E-state index contributed by atoms with van der Waals surface area (Å²) in [6.45, 7) is 11.4. The Balaban J connectivity index is 2.38. The molecule has 1 unspecified atom stereocenters. The number of hydrogen-bond donors (Lipinski definition) is 1. The second kappa shape index (κ2) is 8.36. The van der Waals surface area contributed by atoms with Crippen molar-refractivity contribution < 1.29 is 0 Å². The summed E-state index contributed by atoms with van der Waals surface area (Å²) >= 11 is 0. The molecule has 0 amide bonds. The number of rotatable bonds is 9. The number of hydrogen-bond acceptors (Lipinski definition) is 2. The molecule has 110 valence electrons. The lowest BCUT2D eigenvalue weighted by Gasteiger charge is -2.20. The first-order chi connectivity index (χ1) is 8.99. The van der Waals surface area contributed by atoms with Crippen molar-refractivity contribution >= 4 is 0 Å². The van der Waals surface area contributed by atoms with Crippen LogP contribution in [0, 0.1) is 17.8 Å². The molecule has 0 aliphatic rings. The van der Waals surface area contributed by atoms with Gasteiger partial charge in [-0.25, -0.2) is 4.98 Å². The average Bonchev–Trinajstić information content (AvgIpc) is 2.70. The van der Waals surface area contributed by atoms with Crippen molar-refractivity contribution in [1.29, 1.82) is 0 Å². The molecule has 0 radical (unpaired) electrons. The molecule has 0 aromatic carbocycles. The molecule has 0 spiro atoms. The molecule has 3 heteroatoms. The average molecular weight is 265 g/mol. The number of nitrogens with zero attached hydrogens (tertiary/aromatic N) is 2. The summed E-state index contributed by atoms with van der Waals surface area (Å²) in [6.07, 6.45) is 7.54. The molecule has 0 bridgehead atoms. The van der Waals surface area contributed by atoms with Gasteiger partial charge in [0.05, 0.1) is 0 Å². The Bertz CT molecular complexity index is 342. The third-order valence-corrected chi connectivity index (χ3v) is 3.49. The number of aryl methyl sites for hydroxylation is 2. The Morgan fingerprint density at radius 2 is 1.89 bits per heavy atom. The van der Waals surface area contributed by atoms with Crippen LogP contribution in [-0.4, -0.2) is 22.6 Å². The van der Waals surface area contributed by atoms with Crippen LogP contribution >= 0.6 is 0 Å². The molecule has 0 saturated heterocycles. The zero-order chi connectivity index (χ0) is 14.3. The van der Waals surface area contributed by atoms with E-state index in [1.165, 1.54) is 18.7 Å². The summed E-state index contributed by atoms with van der Waals surface area (Å²) in [6, 6.07) is 0. The van der Waals surface area contributed by atoms with Crippen LogP contribution in [0.1, 0.15) is 46.4 Å². The molecule has 1 atom stereocenters. The summed E-state index contributed by atoms with van der Waals surface area (Å²) in [4.78, 5) is 4.42. The molecule has 0 aliphatic carbocycles. The monoisotopic (exact) mass is 265 g/mol. The fourth-order valence-corrected chi connectivity index (χ4v) is 2.52. The highest BCUT2D eigenvalue weighted by atomic mass is 15.0. The molecule has 0 saturated carbocycles. The molecule has 0 fully saturated rings. The topological polar surface area (TPSA) is 29.9 Å². The zero-order valence-electron chi connectivity index (χ0n) is 13.3. The summed E-state index contributed by atoms with van der Waals surface area (Å²) in [7, 11) is 2.08. The molecule has 0 aliphatic heterocycles. The highest BCUT2D eigenvalue weighted by Crippen LogP contribution is 2.17. The van der Waals surface area contributed by atoms with Gasteiger partial charge in [0.25, 0.3) is 0 Å². The van der Waals surface area contributed by atoms with Gasteiger partial charge in [-0.3, -0.25) is 0 Å². The maximum absolute atomic E-state index is 4.42. The summed E-state index contributed by atoms with van der Waals surface area (Å²) < 4.78 is 2.13. The number of nitrogens with one attached hydrogen (secondary N) is 1. The molecule has 1 aromatic rings. The molecule has 1 N–H and O–H groups in total. The maximum Gasteiger partial charge on any atom is 0.108 e. The van der Waals surface area contributed by atoms with Crippen LogP contribution < -0.4 is 5.32 Å². The van der Waals surface area contributed by atoms with Crippen LogP contribution in [0.3, 0.4) is 0 Å². The van der Waals surface area contributed by atoms with Gasteiger partial charge in [-0.2, -0.15) is 0 Å². The summed E-state index contributed by atoms with van der Waals surface area (Å²) in [5.74, 6) is 3.47. The largest absolute Gasteiger partial charge is 0.338 e. The molecule has 3 nitrogen and oxygen atoms in total. The highest BCUT2D eigenvalue weighted by molar-refractivity contribution is 4.91. The third-order valence-electron chi connectivity index (χ3n) is 3.49. The van der Waals surface area contributed by atoms with Crippen molar-refractivity contribution in [3.63, 3.8) is 0 Å². The fraction of sp³-hybridized carbons (Fsp3) is 0.812. The van der Waals surface area contributed by atoms with Crippen LogP contribution in [0.5, 0.6) is 0 Å². The van der Waals surface area contributed by atoms with Gasteiger partial charge in [-0.15, -0.1) is 0 Å². The van der Waals surface area contributed by atoms with E-state index in [2.05, 4.69) is 49.6 Å². The first kappa shape index (κ1) is 16.2. The van der Waals surface area contributed by atoms with Gasteiger partial charge < -0.3 is 9.88 Å². The van der Waals surface area contributed by atoms with Gasteiger partial charge in [0, 0.05) is 25.9 Å². The van der Waals surface area contributed by atoms with E-state index in [1.54, 1.807) is 0 Å². The Hall–Kier alpha value is -0.830. The van der Waals surface area contributed by atoms with Gasteiger partial charge in [-0.1, -0.05) is 27.7 Å². The van der Waals surface area contributed by atoms with Crippen molar-refractivity contribution in [1.82, 2.24) is 14.9 Å². The molecule has 1 rings (SSSR count). The quantitative estimate of drug-likeness (QED) is 0.743. The molecule has 1 heterocycles. The lowest BCUT2D eigenvalue weighted by Crippen LogP contribution is -2.27. The van der Waals surface area contributed by atoms with Crippen molar-refractivity contribution in [2.24, 2.45) is 24.8 Å². The molecule has 1 aromatic heterocycles. The van der Waals surface area contributed by atoms with E-state index >= 15 is 0 Å². The van der Waals surface area contributed by atoms with Crippen molar-refractivity contribution in [3.05, 3.63) is 18.2 Å². The van der Waals surface area contributed by atoms with E-state index in [0.29, 0.717) is 0 Å². The van der Waals surface area contributed by atoms with Gasteiger partial charge in [-0.05, 0) is 43.7 Å². The van der Waals surface area contributed by atoms with Crippen LogP contribution in [0.25, 0.3) is 0 Å². The van der Waals surface area contributed by atoms with Gasteiger partial charge >= 0.3 is 0 Å². The minimum absolute atomic E-state index is 0.731. The van der Waals surface area contributed by atoms with Crippen LogP contribution in [0.4, 0.5) is 0 Å². The fourth-order valence-electron chi connectivity index (χ4n) is 2.52. The lowest BCUT2D eigenvalue weighted by atomic mass is 9.92. The first-order valence-electron chi connectivity index (χ1n) is 7.66. The van der Waals surface area contributed by atoms with E-state index in [4.69, 9.17) is 0 Å². The second-order valence-corrected chi connectivity index (χ2v) is 6.54. The molecular formula is C16H31N3. The Morgan fingerprint density at radius 1 is 1.16 bits per heavy atom. The summed E-state index contributed by atoms with van der Waals surface area (Å²) in [5, 5.41) is 3.61. The van der Waals surface area contributed by atoms with Crippen LogP contribution in [-0.2, 0) is 13.5 Å². The van der Waals surface area contributed by atoms with Gasteiger partial charge in [0.2, 0.25) is 0 Å². The Kier molecular flexibility index (Phi) is 7.14. The second-order valence-electron chi connectivity index (χ2n) is 6.54. The van der Waals surface area contributed by atoms with Crippen LogP contribution in [0.2, 0.25) is 0 Å². The number of imidazole rings is 1. The highest BCUT2D eigenvalue weighted by Gasteiger charge is 2.12. The van der Waals surface area contributed by atoms with Crippen molar-refractivity contribution in [2.75, 3.05) is 13.1 Å². The standard InChI is InChI=1S/C16H31N3/c1-13(2)10-15(12-17-11-14(3)4)6-7-16-18-8-9-19(16)5/h8-9,13-15,17H,6-7,10-12H2,1-5H3. The van der Waals surface area contributed by atoms with E-state index in [9.17, 15) is 0 Å². The smallest absolute Gasteiger partial charge is 0.108 e. The van der Waals surface area contributed by atoms with Gasteiger partial charge in [0.15, 0.2) is 0 Å². The molecular weight excluding hydrogens is 234 g/mol. The van der Waals surface area contributed by atoms with E-state index in [-0.39, 0.29) is 0 Å². The predicted octanol–water partition coefficient (Wildman–Crippen LogP) is 3.26. The minimum atomic E-state index is 0.731. The van der Waals surface area contributed by atoms with E-state index < -0.39 is 0 Å². The van der Waals surface area contributed by atoms with Crippen LogP contribution in [0.15, 0.2) is 12.4 Å². The minimum Gasteiger partial charge on any atom is -0.338 e.